The van der Waals surface area contributed by atoms with Gasteiger partial charge in [0.05, 0.1) is 11.9 Å². The number of amides is 2. The van der Waals surface area contributed by atoms with E-state index in [2.05, 4.69) is 36.5 Å². The number of hydrogen-bond acceptors (Lipinski definition) is 3. The van der Waals surface area contributed by atoms with Gasteiger partial charge >= 0.3 is 6.03 Å². The lowest BCUT2D eigenvalue weighted by molar-refractivity contribution is 0.231. The summed E-state index contributed by atoms with van der Waals surface area (Å²) in [4.78, 5) is 11.9. The highest BCUT2D eigenvalue weighted by Crippen LogP contribution is 2.14. The molecule has 0 saturated carbocycles. The Morgan fingerprint density at radius 3 is 2.86 bits per heavy atom. The summed E-state index contributed by atoms with van der Waals surface area (Å²) in [5.41, 5.74) is 0.698. The van der Waals surface area contributed by atoms with Crippen molar-refractivity contribution in [1.29, 1.82) is 0 Å². The van der Waals surface area contributed by atoms with E-state index in [1.807, 2.05) is 10.9 Å². The molecular formula is C15H28N4O2. The largest absolute Gasteiger partial charge is 0.396 e. The van der Waals surface area contributed by atoms with Crippen molar-refractivity contribution in [2.24, 2.45) is 11.8 Å². The lowest BCUT2D eigenvalue weighted by Crippen LogP contribution is -2.33. The molecule has 0 spiro atoms. The van der Waals surface area contributed by atoms with E-state index in [1.165, 1.54) is 0 Å². The molecule has 120 valence electrons. The van der Waals surface area contributed by atoms with Gasteiger partial charge in [-0.05, 0) is 31.1 Å². The first kappa shape index (κ1) is 17.5. The molecule has 0 aliphatic rings. The molecule has 1 atom stereocenters. The number of nitrogens with zero attached hydrogens (tertiary/aromatic N) is 2. The number of anilines is 1. The quantitative estimate of drug-likeness (QED) is 0.655. The van der Waals surface area contributed by atoms with Crippen LogP contribution in [0.2, 0.25) is 0 Å². The molecule has 0 aliphatic carbocycles. The van der Waals surface area contributed by atoms with Gasteiger partial charge in [-0.2, -0.15) is 5.10 Å². The number of aliphatic hydroxyl groups is 1. The van der Waals surface area contributed by atoms with Crippen molar-refractivity contribution in [3.8, 4) is 0 Å². The minimum atomic E-state index is -0.224. The fourth-order valence-electron chi connectivity index (χ4n) is 2.34. The summed E-state index contributed by atoms with van der Waals surface area (Å²) in [7, 11) is 0. The summed E-state index contributed by atoms with van der Waals surface area (Å²) < 4.78 is 1.81. The number of nitrogens with one attached hydrogen (secondary N) is 2. The lowest BCUT2D eigenvalue weighted by Gasteiger charge is -2.18. The van der Waals surface area contributed by atoms with E-state index in [0.717, 1.165) is 19.4 Å². The van der Waals surface area contributed by atoms with E-state index in [9.17, 15) is 4.79 Å². The van der Waals surface area contributed by atoms with Crippen LogP contribution in [0.3, 0.4) is 0 Å². The number of urea groups is 1. The highest BCUT2D eigenvalue weighted by molar-refractivity contribution is 5.88. The Morgan fingerprint density at radius 2 is 2.24 bits per heavy atom. The van der Waals surface area contributed by atoms with E-state index < -0.39 is 0 Å². The molecule has 1 heterocycles. The number of rotatable bonds is 9. The van der Waals surface area contributed by atoms with E-state index in [-0.39, 0.29) is 12.6 Å². The minimum Gasteiger partial charge on any atom is -0.396 e. The number of aliphatic hydroxyl groups excluding tert-OH is 1. The average molecular weight is 296 g/mol. The van der Waals surface area contributed by atoms with E-state index in [1.54, 1.807) is 6.20 Å². The Labute approximate surface area is 126 Å². The monoisotopic (exact) mass is 296 g/mol. The van der Waals surface area contributed by atoms with E-state index in [4.69, 9.17) is 5.11 Å². The lowest BCUT2D eigenvalue weighted by atomic mass is 9.94. The first-order valence-electron chi connectivity index (χ1n) is 7.73. The molecule has 3 N–H and O–H groups in total. The fourth-order valence-corrected chi connectivity index (χ4v) is 2.34. The van der Waals surface area contributed by atoms with Crippen LogP contribution < -0.4 is 10.6 Å². The van der Waals surface area contributed by atoms with Gasteiger partial charge in [-0.1, -0.05) is 20.8 Å². The maximum atomic E-state index is 11.9. The molecule has 6 heteroatoms. The van der Waals surface area contributed by atoms with Crippen LogP contribution in [0, 0.1) is 11.8 Å². The molecule has 0 bridgehead atoms. The molecule has 0 radical (unpaired) electrons. The van der Waals surface area contributed by atoms with Gasteiger partial charge in [0.15, 0.2) is 0 Å². The standard InChI is InChI=1S/C15H28N4O2/c1-4-6-19-11-14(10-17-19)18-15(21)16-9-13(5-7-20)8-12(2)3/h10-13,20H,4-9H2,1-3H3,(H2,16,18,21). The van der Waals surface area contributed by atoms with Crippen LogP contribution >= 0.6 is 0 Å². The van der Waals surface area contributed by atoms with Gasteiger partial charge in [0.1, 0.15) is 0 Å². The number of aromatic nitrogens is 2. The van der Waals surface area contributed by atoms with Gasteiger partial charge < -0.3 is 15.7 Å². The zero-order valence-electron chi connectivity index (χ0n) is 13.3. The Balaban J connectivity index is 2.37. The van der Waals surface area contributed by atoms with E-state index >= 15 is 0 Å². The second-order valence-corrected chi connectivity index (χ2v) is 5.83. The van der Waals surface area contributed by atoms with Gasteiger partial charge in [0.2, 0.25) is 0 Å². The van der Waals surface area contributed by atoms with Crippen molar-refractivity contribution in [3.05, 3.63) is 12.4 Å². The second-order valence-electron chi connectivity index (χ2n) is 5.83. The molecule has 0 aliphatic heterocycles. The molecule has 0 fully saturated rings. The molecule has 21 heavy (non-hydrogen) atoms. The number of carbonyl (C=O) groups excluding carboxylic acids is 1. The molecule has 0 saturated heterocycles. The Morgan fingerprint density at radius 1 is 1.48 bits per heavy atom. The third-order valence-corrected chi connectivity index (χ3v) is 3.24. The molecule has 0 aromatic carbocycles. The van der Waals surface area contributed by atoms with Crippen molar-refractivity contribution in [2.75, 3.05) is 18.5 Å². The summed E-state index contributed by atoms with van der Waals surface area (Å²) >= 11 is 0. The third kappa shape index (κ3) is 7.13. The first-order chi connectivity index (χ1) is 10.0. The summed E-state index contributed by atoms with van der Waals surface area (Å²) in [6.45, 7) is 7.95. The first-order valence-corrected chi connectivity index (χ1v) is 7.73. The SMILES string of the molecule is CCCn1cc(NC(=O)NCC(CCO)CC(C)C)cn1. The molecular weight excluding hydrogens is 268 g/mol. The van der Waals surface area contributed by atoms with Crippen molar-refractivity contribution < 1.29 is 9.90 Å². The fraction of sp³-hybridized carbons (Fsp3) is 0.733. The van der Waals surface area contributed by atoms with Crippen molar-refractivity contribution >= 4 is 11.7 Å². The third-order valence-electron chi connectivity index (χ3n) is 3.24. The summed E-state index contributed by atoms with van der Waals surface area (Å²) in [5.74, 6) is 0.863. The second kappa shape index (κ2) is 9.39. The molecule has 1 unspecified atom stereocenters. The van der Waals surface area contributed by atoms with Crippen molar-refractivity contribution in [2.45, 2.75) is 46.6 Å². The number of aryl methyl sites for hydroxylation is 1. The Kier molecular flexibility index (Phi) is 7.82. The maximum absolute atomic E-state index is 11.9. The van der Waals surface area contributed by atoms with Crippen LogP contribution in [0.1, 0.15) is 40.0 Å². The zero-order chi connectivity index (χ0) is 15.7. The van der Waals surface area contributed by atoms with Gasteiger partial charge in [-0.3, -0.25) is 4.68 Å². The van der Waals surface area contributed by atoms with Gasteiger partial charge in [-0.25, -0.2) is 4.79 Å². The minimum absolute atomic E-state index is 0.157. The highest BCUT2D eigenvalue weighted by Gasteiger charge is 2.12. The van der Waals surface area contributed by atoms with Gasteiger partial charge in [-0.15, -0.1) is 0 Å². The molecule has 1 aromatic rings. The van der Waals surface area contributed by atoms with Crippen LogP contribution in [-0.4, -0.2) is 34.1 Å². The molecule has 6 nitrogen and oxygen atoms in total. The van der Waals surface area contributed by atoms with Crippen LogP contribution in [0.5, 0.6) is 0 Å². The Hall–Kier alpha value is -1.56. The van der Waals surface area contributed by atoms with Crippen LogP contribution in [0.15, 0.2) is 12.4 Å². The van der Waals surface area contributed by atoms with E-state index in [0.29, 0.717) is 30.5 Å². The predicted molar refractivity (Wildman–Crippen MR) is 84.2 cm³/mol. The Bertz CT molecular complexity index is 418. The van der Waals surface area contributed by atoms with Gasteiger partial charge in [0, 0.05) is 25.9 Å². The highest BCUT2D eigenvalue weighted by atomic mass is 16.3. The molecule has 1 aromatic heterocycles. The summed E-state index contributed by atoms with van der Waals surface area (Å²) in [6, 6.07) is -0.224. The topological polar surface area (TPSA) is 79.2 Å². The number of hydrogen-bond donors (Lipinski definition) is 3. The van der Waals surface area contributed by atoms with Crippen LogP contribution in [0.25, 0.3) is 0 Å². The molecule has 1 rings (SSSR count). The van der Waals surface area contributed by atoms with Crippen molar-refractivity contribution in [3.63, 3.8) is 0 Å². The summed E-state index contributed by atoms with van der Waals surface area (Å²) in [5, 5.41) is 18.9. The number of carbonyl (C=O) groups is 1. The summed E-state index contributed by atoms with van der Waals surface area (Å²) in [6.07, 6.45) is 6.19. The average Bonchev–Trinajstić information content (AvgIpc) is 2.83. The van der Waals surface area contributed by atoms with Crippen molar-refractivity contribution in [1.82, 2.24) is 15.1 Å². The van der Waals surface area contributed by atoms with Gasteiger partial charge in [0.25, 0.3) is 0 Å². The molecule has 2 amide bonds. The maximum Gasteiger partial charge on any atom is 0.319 e. The predicted octanol–water partition coefficient (Wildman–Crippen LogP) is 2.46. The van der Waals surface area contributed by atoms with Crippen LogP contribution in [-0.2, 0) is 6.54 Å². The normalized spacial score (nSPS) is 12.4. The zero-order valence-corrected chi connectivity index (χ0v) is 13.3. The van der Waals surface area contributed by atoms with Crippen LogP contribution in [0.4, 0.5) is 10.5 Å². The smallest absolute Gasteiger partial charge is 0.319 e.